The predicted octanol–water partition coefficient (Wildman–Crippen LogP) is 1.42. The fraction of sp³-hybridized carbons (Fsp3) is 0.286. The molecule has 0 saturated heterocycles. The third-order valence-corrected chi connectivity index (χ3v) is 5.12. The van der Waals surface area contributed by atoms with Gasteiger partial charge < -0.3 is 10.0 Å². The predicted molar refractivity (Wildman–Crippen MR) is 78.0 cm³/mol. The van der Waals surface area contributed by atoms with E-state index in [2.05, 4.69) is 0 Å². The Bertz CT molecular complexity index is 718. The molecule has 1 aromatic carbocycles. The molecule has 0 unspecified atom stereocenters. The minimum atomic E-state index is -1.26. The topological polar surface area (TPSA) is 62.5 Å². The minimum absolute atomic E-state index is 0.260. The average molecular weight is 290 g/mol. The molecule has 1 aromatic heterocycles. The summed E-state index contributed by atoms with van der Waals surface area (Å²) in [5.41, 5.74) is 1.04. The standard InChI is InChI=1S/C14H14N2O3S/c1-15-12(18)11-7-9-5-3-4-6-10(9)16(11)13(19)14(15,8-17)20-2/h3-7,17H,8H2,1-2H3/t14-/m1/s1. The van der Waals surface area contributed by atoms with Crippen LogP contribution in [-0.4, -0.2) is 51.2 Å². The second-order valence-corrected chi connectivity index (χ2v) is 5.82. The number of aromatic nitrogens is 1. The second kappa shape index (κ2) is 4.36. The molecule has 2 aromatic rings. The van der Waals surface area contributed by atoms with Crippen LogP contribution in [0.5, 0.6) is 0 Å². The molecule has 2 heterocycles. The number of benzene rings is 1. The summed E-state index contributed by atoms with van der Waals surface area (Å²) in [6.45, 7) is -0.415. The number of hydrogen-bond donors (Lipinski definition) is 1. The number of rotatable bonds is 2. The Hall–Kier alpha value is -1.79. The molecule has 0 spiro atoms. The zero-order valence-corrected chi connectivity index (χ0v) is 12.0. The van der Waals surface area contributed by atoms with Crippen molar-refractivity contribution in [3.8, 4) is 0 Å². The van der Waals surface area contributed by atoms with Crippen molar-refractivity contribution in [3.05, 3.63) is 36.0 Å². The number of amides is 1. The summed E-state index contributed by atoms with van der Waals surface area (Å²) in [5.74, 6) is -0.546. The summed E-state index contributed by atoms with van der Waals surface area (Å²) in [4.78, 5) is 25.4. The highest BCUT2D eigenvalue weighted by Gasteiger charge is 2.50. The molecule has 3 rings (SSSR count). The number of carbonyl (C=O) groups excluding carboxylic acids is 2. The van der Waals surface area contributed by atoms with E-state index in [1.54, 1.807) is 25.4 Å². The Morgan fingerprint density at radius 1 is 1.30 bits per heavy atom. The van der Waals surface area contributed by atoms with E-state index >= 15 is 0 Å². The van der Waals surface area contributed by atoms with Crippen LogP contribution in [0, 0.1) is 0 Å². The van der Waals surface area contributed by atoms with Gasteiger partial charge in [0, 0.05) is 12.4 Å². The Balaban J connectivity index is 2.35. The first kappa shape index (κ1) is 13.2. The molecule has 1 aliphatic rings. The molecule has 1 amide bonds. The minimum Gasteiger partial charge on any atom is -0.392 e. The van der Waals surface area contributed by atoms with Gasteiger partial charge >= 0.3 is 0 Å². The van der Waals surface area contributed by atoms with Gasteiger partial charge in [-0.2, -0.15) is 0 Å². The Morgan fingerprint density at radius 3 is 2.65 bits per heavy atom. The summed E-state index contributed by atoms with van der Waals surface area (Å²) in [7, 11) is 1.55. The van der Waals surface area contributed by atoms with E-state index < -0.39 is 11.5 Å². The number of nitrogens with zero attached hydrogens (tertiary/aromatic N) is 2. The molecule has 5 nitrogen and oxygen atoms in total. The van der Waals surface area contributed by atoms with Crippen LogP contribution in [0.1, 0.15) is 15.3 Å². The van der Waals surface area contributed by atoms with Gasteiger partial charge in [-0.25, -0.2) is 0 Å². The van der Waals surface area contributed by atoms with Crippen LogP contribution in [0.3, 0.4) is 0 Å². The molecule has 6 heteroatoms. The second-order valence-electron chi connectivity index (χ2n) is 4.74. The molecular formula is C14H14N2O3S. The number of hydrogen-bond acceptors (Lipinski definition) is 4. The van der Waals surface area contributed by atoms with Gasteiger partial charge in [0.05, 0.1) is 12.1 Å². The summed E-state index contributed by atoms with van der Waals surface area (Å²) in [6.07, 6.45) is 1.72. The largest absolute Gasteiger partial charge is 0.392 e. The number of aliphatic hydroxyl groups is 1. The van der Waals surface area contributed by atoms with Gasteiger partial charge in [-0.05, 0) is 18.4 Å². The normalized spacial score (nSPS) is 22.4. The average Bonchev–Trinajstić information content (AvgIpc) is 2.86. The van der Waals surface area contributed by atoms with Crippen LogP contribution >= 0.6 is 11.8 Å². The highest BCUT2D eigenvalue weighted by atomic mass is 32.2. The molecule has 0 fully saturated rings. The van der Waals surface area contributed by atoms with E-state index in [1.807, 2.05) is 18.2 Å². The Kier molecular flexibility index (Phi) is 2.88. The van der Waals surface area contributed by atoms with Crippen molar-refractivity contribution in [1.82, 2.24) is 9.47 Å². The Morgan fingerprint density at radius 2 is 2.00 bits per heavy atom. The summed E-state index contributed by atoms with van der Waals surface area (Å²) in [5, 5.41) is 10.5. The van der Waals surface area contributed by atoms with Gasteiger partial charge in [0.2, 0.25) is 0 Å². The number of para-hydroxylation sites is 1. The van der Waals surface area contributed by atoms with Gasteiger partial charge in [0.1, 0.15) is 5.69 Å². The fourth-order valence-corrected chi connectivity index (χ4v) is 3.40. The molecule has 20 heavy (non-hydrogen) atoms. The smallest absolute Gasteiger partial charge is 0.272 e. The van der Waals surface area contributed by atoms with E-state index in [1.165, 1.54) is 21.2 Å². The molecule has 1 atom stereocenters. The molecular weight excluding hydrogens is 276 g/mol. The highest BCUT2D eigenvalue weighted by molar-refractivity contribution is 8.00. The van der Waals surface area contributed by atoms with E-state index in [0.717, 1.165) is 5.39 Å². The van der Waals surface area contributed by atoms with Crippen molar-refractivity contribution in [3.63, 3.8) is 0 Å². The van der Waals surface area contributed by atoms with Gasteiger partial charge in [-0.3, -0.25) is 14.2 Å². The van der Waals surface area contributed by atoms with E-state index in [0.29, 0.717) is 11.2 Å². The van der Waals surface area contributed by atoms with Gasteiger partial charge in [0.25, 0.3) is 11.8 Å². The number of aliphatic hydroxyl groups excluding tert-OH is 1. The van der Waals surface area contributed by atoms with Crippen LogP contribution in [-0.2, 0) is 0 Å². The number of carbonyl (C=O) groups is 2. The van der Waals surface area contributed by atoms with Crippen molar-refractivity contribution < 1.29 is 14.7 Å². The number of thioether (sulfide) groups is 1. The molecule has 1 N–H and O–H groups in total. The van der Waals surface area contributed by atoms with Crippen LogP contribution < -0.4 is 0 Å². The van der Waals surface area contributed by atoms with Gasteiger partial charge in [0.15, 0.2) is 4.87 Å². The van der Waals surface area contributed by atoms with Crippen LogP contribution in [0.15, 0.2) is 30.3 Å². The van der Waals surface area contributed by atoms with E-state index in [9.17, 15) is 14.7 Å². The first-order valence-electron chi connectivity index (χ1n) is 6.16. The lowest BCUT2D eigenvalue weighted by Crippen LogP contribution is -2.61. The van der Waals surface area contributed by atoms with Crippen molar-refractivity contribution in [2.24, 2.45) is 0 Å². The van der Waals surface area contributed by atoms with Gasteiger partial charge in [-0.15, -0.1) is 11.8 Å². The SMILES string of the molecule is CS[C@]1(CO)C(=O)n2c(cc3ccccc32)C(=O)N1C. The van der Waals surface area contributed by atoms with Crippen molar-refractivity contribution >= 4 is 34.5 Å². The molecule has 0 radical (unpaired) electrons. The number of likely N-dealkylation sites (N-methyl/N-ethyl adjacent to an activating group) is 1. The van der Waals surface area contributed by atoms with Crippen molar-refractivity contribution in [2.75, 3.05) is 19.9 Å². The van der Waals surface area contributed by atoms with Crippen molar-refractivity contribution in [2.45, 2.75) is 4.87 Å². The first-order chi connectivity index (χ1) is 9.56. The zero-order chi connectivity index (χ0) is 14.5. The number of fused-ring (bicyclic) bond motifs is 3. The monoisotopic (exact) mass is 290 g/mol. The molecule has 0 saturated carbocycles. The van der Waals surface area contributed by atoms with Gasteiger partial charge in [-0.1, -0.05) is 18.2 Å². The van der Waals surface area contributed by atoms with Crippen LogP contribution in [0.25, 0.3) is 10.9 Å². The quantitative estimate of drug-likeness (QED) is 0.908. The van der Waals surface area contributed by atoms with Crippen LogP contribution in [0.4, 0.5) is 0 Å². The summed E-state index contributed by atoms with van der Waals surface area (Å²) in [6, 6.07) is 9.07. The summed E-state index contributed by atoms with van der Waals surface area (Å²) < 4.78 is 1.42. The Labute approximate surface area is 120 Å². The van der Waals surface area contributed by atoms with E-state index in [-0.39, 0.29) is 11.8 Å². The highest BCUT2D eigenvalue weighted by Crippen LogP contribution is 2.36. The van der Waals surface area contributed by atoms with Crippen molar-refractivity contribution in [1.29, 1.82) is 0 Å². The maximum absolute atomic E-state index is 12.8. The van der Waals surface area contributed by atoms with Crippen LogP contribution in [0.2, 0.25) is 0 Å². The summed E-state index contributed by atoms with van der Waals surface area (Å²) >= 11 is 1.17. The lowest BCUT2D eigenvalue weighted by molar-refractivity contribution is 0.0412. The molecule has 0 bridgehead atoms. The molecule has 104 valence electrons. The fourth-order valence-electron chi connectivity index (χ4n) is 2.65. The van der Waals surface area contributed by atoms with E-state index in [4.69, 9.17) is 0 Å². The molecule has 1 aliphatic heterocycles. The first-order valence-corrected chi connectivity index (χ1v) is 7.39. The third kappa shape index (κ3) is 1.43. The molecule has 0 aliphatic carbocycles. The zero-order valence-electron chi connectivity index (χ0n) is 11.2. The lowest BCUT2D eigenvalue weighted by Gasteiger charge is -2.41. The maximum atomic E-state index is 12.8. The maximum Gasteiger partial charge on any atom is 0.272 e. The lowest BCUT2D eigenvalue weighted by atomic mass is 10.1. The third-order valence-electron chi connectivity index (χ3n) is 3.87.